The topological polar surface area (TPSA) is 99.2 Å². The lowest BCUT2D eigenvalue weighted by Gasteiger charge is -2.04. The number of carbonyl (C=O) groups excluding carboxylic acids is 1. The first-order valence-electron chi connectivity index (χ1n) is 5.30. The van der Waals surface area contributed by atoms with Crippen LogP contribution in [0.3, 0.4) is 0 Å². The fraction of sp³-hybridized carbons (Fsp3) is 0.0909. The third-order valence-corrected chi connectivity index (χ3v) is 4.87. The predicted octanol–water partition coefficient (Wildman–Crippen LogP) is 0.890. The third kappa shape index (κ3) is 3.69. The number of hydrogen-bond acceptors (Lipinski definition) is 6. The fourth-order valence-corrected chi connectivity index (χ4v) is 3.53. The molecule has 0 bridgehead atoms. The van der Waals surface area contributed by atoms with E-state index in [4.69, 9.17) is 11.6 Å². The summed E-state index contributed by atoms with van der Waals surface area (Å²) in [6.45, 7) is 0. The van der Waals surface area contributed by atoms with Gasteiger partial charge < -0.3 is 9.90 Å². The average molecular weight is 332 g/mol. The van der Waals surface area contributed by atoms with Gasteiger partial charge in [0.25, 0.3) is 10.0 Å². The van der Waals surface area contributed by atoms with Crippen LogP contribution in [0.25, 0.3) is 0 Å². The molecule has 0 saturated carbocycles. The molecule has 1 aromatic carbocycles. The Morgan fingerprint density at radius 2 is 2.00 bits per heavy atom. The number of carbonyl (C=O) groups is 1. The lowest BCUT2D eigenvalue weighted by Crippen LogP contribution is -2.23. The number of rotatable bonds is 5. The molecule has 0 unspecified atom stereocenters. The van der Waals surface area contributed by atoms with E-state index in [1.165, 1.54) is 30.5 Å². The lowest BCUT2D eigenvalue weighted by atomic mass is 10.4. The molecule has 0 aliphatic heterocycles. The summed E-state index contributed by atoms with van der Waals surface area (Å²) in [5.41, 5.74) is 0. The van der Waals surface area contributed by atoms with Crippen molar-refractivity contribution in [2.75, 3.05) is 4.72 Å². The van der Waals surface area contributed by atoms with Gasteiger partial charge in [-0.25, -0.2) is 13.4 Å². The van der Waals surface area contributed by atoms with Crippen LogP contribution in [0.15, 0.2) is 35.4 Å². The Morgan fingerprint density at radius 1 is 1.35 bits per heavy atom. The zero-order chi connectivity index (χ0) is 14.8. The van der Waals surface area contributed by atoms with Gasteiger partial charge in [-0.2, -0.15) is 0 Å². The Bertz CT molecular complexity index is 725. The second-order valence-electron chi connectivity index (χ2n) is 3.74. The molecule has 0 amide bonds. The molecule has 0 spiro atoms. The molecule has 0 saturated heterocycles. The number of carboxylic acid groups (broad SMARTS) is 1. The van der Waals surface area contributed by atoms with Crippen LogP contribution < -0.4 is 9.83 Å². The second kappa shape index (κ2) is 5.78. The summed E-state index contributed by atoms with van der Waals surface area (Å²) in [5, 5.41) is 11.0. The van der Waals surface area contributed by atoms with Gasteiger partial charge in [-0.3, -0.25) is 4.72 Å². The van der Waals surface area contributed by atoms with Crippen LogP contribution in [-0.4, -0.2) is 19.4 Å². The number of nitrogens with zero attached hydrogens (tertiary/aromatic N) is 1. The summed E-state index contributed by atoms with van der Waals surface area (Å²) < 4.78 is 26.3. The maximum atomic E-state index is 12.0. The van der Waals surface area contributed by atoms with E-state index < -0.39 is 16.0 Å². The molecule has 0 atom stereocenters. The number of sulfonamides is 1. The quantitative estimate of drug-likeness (QED) is 0.877. The summed E-state index contributed by atoms with van der Waals surface area (Å²) in [6.07, 6.45) is 0.987. The summed E-state index contributed by atoms with van der Waals surface area (Å²) in [7, 11) is -3.77. The number of halogens is 1. The minimum Gasteiger partial charge on any atom is -0.550 e. The Hall–Kier alpha value is -1.64. The maximum Gasteiger partial charge on any atom is 0.263 e. The van der Waals surface area contributed by atoms with Crippen molar-refractivity contribution < 1.29 is 18.3 Å². The highest BCUT2D eigenvalue weighted by Gasteiger charge is 2.16. The molecule has 20 heavy (non-hydrogen) atoms. The molecule has 1 N–H and O–H groups in total. The van der Waals surface area contributed by atoms with Crippen molar-refractivity contribution in [1.82, 2.24) is 4.98 Å². The predicted molar refractivity (Wildman–Crippen MR) is 73.1 cm³/mol. The number of anilines is 1. The molecule has 6 nitrogen and oxygen atoms in total. The van der Waals surface area contributed by atoms with Crippen LogP contribution in [0.5, 0.6) is 0 Å². The normalized spacial score (nSPS) is 11.2. The summed E-state index contributed by atoms with van der Waals surface area (Å²) in [6, 6.07) is 5.64. The molecular formula is C11H8ClN2O4S2-. The molecule has 0 fully saturated rings. The number of carboxylic acids is 1. The third-order valence-electron chi connectivity index (χ3n) is 2.22. The van der Waals surface area contributed by atoms with Gasteiger partial charge >= 0.3 is 0 Å². The highest BCUT2D eigenvalue weighted by molar-refractivity contribution is 7.93. The Kier molecular flexibility index (Phi) is 4.26. The molecule has 0 aliphatic carbocycles. The highest BCUT2D eigenvalue weighted by atomic mass is 35.5. The van der Waals surface area contributed by atoms with Gasteiger partial charge in [-0.05, 0) is 24.3 Å². The minimum atomic E-state index is -3.77. The van der Waals surface area contributed by atoms with Gasteiger partial charge in [-0.1, -0.05) is 11.6 Å². The first kappa shape index (κ1) is 14.8. The molecule has 2 aromatic rings. The molecule has 1 heterocycles. The number of hydrogen-bond donors (Lipinski definition) is 1. The highest BCUT2D eigenvalue weighted by Crippen LogP contribution is 2.22. The van der Waals surface area contributed by atoms with E-state index in [1.54, 1.807) is 0 Å². The van der Waals surface area contributed by atoms with Gasteiger partial charge in [0.1, 0.15) is 0 Å². The van der Waals surface area contributed by atoms with Crippen molar-refractivity contribution in [3.63, 3.8) is 0 Å². The minimum absolute atomic E-state index is 0.0403. The van der Waals surface area contributed by atoms with Gasteiger partial charge in [0.15, 0.2) is 5.13 Å². The molecular weight excluding hydrogens is 324 g/mol. The summed E-state index contributed by atoms with van der Waals surface area (Å²) >= 11 is 6.62. The van der Waals surface area contributed by atoms with E-state index in [9.17, 15) is 18.3 Å². The Labute approximate surface area is 124 Å². The maximum absolute atomic E-state index is 12.0. The van der Waals surface area contributed by atoms with E-state index in [2.05, 4.69) is 9.71 Å². The molecule has 0 radical (unpaired) electrons. The van der Waals surface area contributed by atoms with E-state index in [0.717, 1.165) is 11.3 Å². The molecule has 2 rings (SSSR count). The number of thiazole rings is 1. The van der Waals surface area contributed by atoms with Crippen LogP contribution in [-0.2, 0) is 21.2 Å². The number of nitrogens with one attached hydrogen (secondary N) is 1. The summed E-state index contributed by atoms with van der Waals surface area (Å²) in [5.74, 6) is -1.25. The smallest absolute Gasteiger partial charge is 0.263 e. The lowest BCUT2D eigenvalue weighted by molar-refractivity contribution is -0.304. The van der Waals surface area contributed by atoms with Crippen LogP contribution >= 0.6 is 22.9 Å². The largest absolute Gasteiger partial charge is 0.550 e. The number of benzene rings is 1. The van der Waals surface area contributed by atoms with Crippen LogP contribution in [0.2, 0.25) is 5.02 Å². The number of aromatic nitrogens is 1. The van der Waals surface area contributed by atoms with Crippen molar-refractivity contribution in [2.45, 2.75) is 11.3 Å². The molecule has 1 aromatic heterocycles. The van der Waals surface area contributed by atoms with Crippen molar-refractivity contribution in [3.8, 4) is 0 Å². The van der Waals surface area contributed by atoms with Crippen LogP contribution in [0.1, 0.15) is 4.88 Å². The first-order valence-corrected chi connectivity index (χ1v) is 7.97. The Balaban J connectivity index is 2.18. The second-order valence-corrected chi connectivity index (χ2v) is 6.97. The monoisotopic (exact) mass is 331 g/mol. The van der Waals surface area contributed by atoms with E-state index >= 15 is 0 Å². The van der Waals surface area contributed by atoms with E-state index in [0.29, 0.717) is 9.90 Å². The van der Waals surface area contributed by atoms with Gasteiger partial charge in [0.2, 0.25) is 0 Å². The average Bonchev–Trinajstić information content (AvgIpc) is 2.75. The van der Waals surface area contributed by atoms with Crippen molar-refractivity contribution in [2.24, 2.45) is 0 Å². The Morgan fingerprint density at radius 3 is 2.60 bits per heavy atom. The zero-order valence-electron chi connectivity index (χ0n) is 9.87. The van der Waals surface area contributed by atoms with Crippen molar-refractivity contribution in [3.05, 3.63) is 40.4 Å². The van der Waals surface area contributed by atoms with Crippen molar-refractivity contribution >= 4 is 44.1 Å². The van der Waals surface area contributed by atoms with Crippen LogP contribution in [0, 0.1) is 0 Å². The fourth-order valence-electron chi connectivity index (χ4n) is 1.37. The SMILES string of the molecule is O=C([O-])Cc1cnc(NS(=O)(=O)c2ccc(Cl)cc2)s1. The standard InChI is InChI=1S/C11H9ClN2O4S2/c12-7-1-3-9(4-2-7)20(17,18)14-11-13-6-8(19-11)5-10(15)16/h1-4,6H,5H2,(H,13,14)(H,15,16)/p-1. The molecule has 106 valence electrons. The summed E-state index contributed by atoms with van der Waals surface area (Å²) in [4.78, 5) is 14.7. The van der Waals surface area contributed by atoms with Gasteiger partial charge in [-0.15, -0.1) is 11.3 Å². The first-order chi connectivity index (χ1) is 9.37. The van der Waals surface area contributed by atoms with Crippen molar-refractivity contribution in [1.29, 1.82) is 0 Å². The van der Waals surface area contributed by atoms with Crippen LogP contribution in [0.4, 0.5) is 5.13 Å². The van der Waals surface area contributed by atoms with Gasteiger partial charge in [0.05, 0.1) is 4.90 Å². The zero-order valence-corrected chi connectivity index (χ0v) is 12.3. The molecule has 9 heteroatoms. The van der Waals surface area contributed by atoms with E-state index in [-0.39, 0.29) is 16.4 Å². The van der Waals surface area contributed by atoms with E-state index in [1.807, 2.05) is 0 Å². The molecule has 0 aliphatic rings. The van der Waals surface area contributed by atoms with Gasteiger partial charge in [0, 0.05) is 28.5 Å². The number of aliphatic carboxylic acids is 1.